The van der Waals surface area contributed by atoms with Crippen molar-refractivity contribution in [3.63, 3.8) is 0 Å². The zero-order chi connectivity index (χ0) is 27.5. The molecule has 0 aliphatic rings. The number of thioether (sulfide) groups is 1. The van der Waals surface area contributed by atoms with E-state index in [9.17, 15) is 9.90 Å². The fourth-order valence-electron chi connectivity index (χ4n) is 4.27. The van der Waals surface area contributed by atoms with Crippen LogP contribution in [0.2, 0.25) is 5.02 Å². The fraction of sp³-hybridized carbons (Fsp3) is 0.138. The molecular weight excluding hydrogens is 538 g/mol. The molecule has 0 spiro atoms. The van der Waals surface area contributed by atoms with Gasteiger partial charge in [-0.05, 0) is 60.7 Å². The molecule has 0 atom stereocenters. The van der Waals surface area contributed by atoms with Gasteiger partial charge in [-0.3, -0.25) is 0 Å². The Morgan fingerprint density at radius 2 is 1.74 bits per heavy atom. The highest BCUT2D eigenvalue weighted by Gasteiger charge is 2.20. The van der Waals surface area contributed by atoms with Crippen LogP contribution in [0.5, 0.6) is 11.5 Å². The first-order valence-electron chi connectivity index (χ1n) is 11.9. The molecule has 0 radical (unpaired) electrons. The van der Waals surface area contributed by atoms with Gasteiger partial charge in [0.1, 0.15) is 16.4 Å². The summed E-state index contributed by atoms with van der Waals surface area (Å²) in [5, 5.41) is 19.9. The van der Waals surface area contributed by atoms with Crippen LogP contribution in [-0.4, -0.2) is 40.1 Å². The van der Waals surface area contributed by atoms with Gasteiger partial charge in [-0.15, -0.1) is 10.2 Å². The van der Waals surface area contributed by atoms with Gasteiger partial charge in [-0.25, -0.2) is 4.79 Å². The molecule has 0 amide bonds. The molecule has 0 unspecified atom stereocenters. The van der Waals surface area contributed by atoms with Gasteiger partial charge in [-0.2, -0.15) is 0 Å². The van der Waals surface area contributed by atoms with Crippen LogP contribution in [0, 0.1) is 6.92 Å². The summed E-state index contributed by atoms with van der Waals surface area (Å²) in [5.74, 6) is 0.244. The number of carboxylic acid groups (broad SMARTS) is 1. The quantitative estimate of drug-likeness (QED) is 0.153. The van der Waals surface area contributed by atoms with E-state index in [-0.39, 0.29) is 16.0 Å². The number of hydrogen-bond acceptors (Lipinski definition) is 7. The van der Waals surface area contributed by atoms with Gasteiger partial charge in [0.25, 0.3) is 5.22 Å². The molecule has 198 valence electrons. The van der Waals surface area contributed by atoms with Gasteiger partial charge in [0, 0.05) is 45.4 Å². The zero-order valence-electron chi connectivity index (χ0n) is 21.3. The minimum absolute atomic E-state index is 0.0471. The third kappa shape index (κ3) is 5.64. The van der Waals surface area contributed by atoms with E-state index in [2.05, 4.69) is 14.8 Å². The van der Waals surface area contributed by atoms with Crippen LogP contribution < -0.4 is 9.47 Å². The van der Waals surface area contributed by atoms with Gasteiger partial charge in [0.2, 0.25) is 5.89 Å². The Hall–Kier alpha value is -4.21. The van der Waals surface area contributed by atoms with Crippen molar-refractivity contribution >= 4 is 46.3 Å². The molecular formula is C29H24ClN3O5S. The van der Waals surface area contributed by atoms with E-state index in [0.717, 1.165) is 39.5 Å². The highest BCUT2D eigenvalue weighted by Crippen LogP contribution is 2.35. The molecule has 0 bridgehead atoms. The van der Waals surface area contributed by atoms with Crippen LogP contribution in [-0.2, 0) is 11.3 Å². The minimum atomic E-state index is -1.10. The fourth-order valence-corrected chi connectivity index (χ4v) is 5.06. The summed E-state index contributed by atoms with van der Waals surface area (Å²) in [6, 6.07) is 20.8. The summed E-state index contributed by atoms with van der Waals surface area (Å²) in [4.78, 5) is 12.3. The van der Waals surface area contributed by atoms with Gasteiger partial charge >= 0.3 is 5.97 Å². The van der Waals surface area contributed by atoms with Crippen LogP contribution in [0.25, 0.3) is 28.4 Å². The number of aliphatic carboxylic acids is 1. The molecule has 0 aliphatic heterocycles. The monoisotopic (exact) mass is 561 g/mol. The third-order valence-electron chi connectivity index (χ3n) is 6.22. The van der Waals surface area contributed by atoms with Gasteiger partial charge < -0.3 is 23.6 Å². The van der Waals surface area contributed by atoms with E-state index in [1.807, 2.05) is 55.5 Å². The Labute approximate surface area is 233 Å². The Kier molecular flexibility index (Phi) is 7.63. The molecule has 0 aliphatic carbocycles. The Bertz CT molecular complexity index is 1670. The van der Waals surface area contributed by atoms with Crippen molar-refractivity contribution in [2.75, 3.05) is 14.2 Å². The largest absolute Gasteiger partial charge is 0.497 e. The number of para-hydroxylation sites is 1. The van der Waals surface area contributed by atoms with Crippen molar-refractivity contribution in [1.82, 2.24) is 14.8 Å². The molecule has 0 fully saturated rings. The summed E-state index contributed by atoms with van der Waals surface area (Å²) in [7, 11) is 3.10. The predicted octanol–water partition coefficient (Wildman–Crippen LogP) is 6.94. The Balaban J connectivity index is 1.50. The van der Waals surface area contributed by atoms with E-state index < -0.39 is 5.97 Å². The molecule has 8 nitrogen and oxygen atoms in total. The first-order chi connectivity index (χ1) is 18.9. The topological polar surface area (TPSA) is 99.6 Å². The first kappa shape index (κ1) is 26.4. The number of halogens is 1. The summed E-state index contributed by atoms with van der Waals surface area (Å²) < 4.78 is 18.6. The average molecular weight is 562 g/mol. The molecule has 3 aromatic carbocycles. The lowest BCUT2D eigenvalue weighted by molar-refractivity contribution is -0.131. The van der Waals surface area contributed by atoms with Crippen LogP contribution in [0.15, 0.2) is 81.3 Å². The number of hydrogen-bond donors (Lipinski definition) is 1. The number of fused-ring (bicyclic) bond motifs is 1. The zero-order valence-corrected chi connectivity index (χ0v) is 22.9. The predicted molar refractivity (Wildman–Crippen MR) is 152 cm³/mol. The van der Waals surface area contributed by atoms with Gasteiger partial charge in [0.05, 0.1) is 14.2 Å². The van der Waals surface area contributed by atoms with E-state index in [4.69, 9.17) is 25.5 Å². The molecule has 39 heavy (non-hydrogen) atoms. The number of carboxylic acids is 1. The second-order valence-corrected chi connectivity index (χ2v) is 10.0. The van der Waals surface area contributed by atoms with E-state index in [1.54, 1.807) is 38.5 Å². The maximum absolute atomic E-state index is 12.3. The van der Waals surface area contributed by atoms with Crippen LogP contribution in [0.4, 0.5) is 0 Å². The molecule has 10 heteroatoms. The molecule has 2 aromatic heterocycles. The van der Waals surface area contributed by atoms with E-state index in [1.165, 1.54) is 0 Å². The summed E-state index contributed by atoms with van der Waals surface area (Å²) in [5.41, 5.74) is 4.41. The standard InChI is InChI=1S/C29H24ClN3O5S/c1-17-24(23-6-4-5-7-25(23)33(17)16-18-8-10-20(30)11-9-18)15-26(28(34)35)39-29-32-31-27(38-29)19-12-21(36-2)14-22(13-19)37-3/h4-15H,16H2,1-3H3,(H,34,35)/b26-15-. The molecule has 1 N–H and O–H groups in total. The lowest BCUT2D eigenvalue weighted by Gasteiger charge is -2.09. The van der Waals surface area contributed by atoms with Crippen molar-refractivity contribution < 1.29 is 23.8 Å². The number of methoxy groups -OCH3 is 2. The van der Waals surface area contributed by atoms with Crippen molar-refractivity contribution in [3.05, 3.63) is 93.5 Å². The Morgan fingerprint density at radius 3 is 2.41 bits per heavy atom. The second-order valence-electron chi connectivity index (χ2n) is 8.62. The van der Waals surface area contributed by atoms with Crippen LogP contribution in [0.1, 0.15) is 16.8 Å². The first-order valence-corrected chi connectivity index (χ1v) is 13.1. The van der Waals surface area contributed by atoms with Gasteiger partial charge in [-0.1, -0.05) is 41.9 Å². The van der Waals surface area contributed by atoms with Gasteiger partial charge in [0.15, 0.2) is 0 Å². The van der Waals surface area contributed by atoms with Crippen LogP contribution in [0.3, 0.4) is 0 Å². The summed E-state index contributed by atoms with van der Waals surface area (Å²) >= 11 is 6.96. The van der Waals surface area contributed by atoms with E-state index in [0.29, 0.717) is 28.6 Å². The maximum atomic E-state index is 12.3. The number of carbonyl (C=O) groups is 1. The third-order valence-corrected chi connectivity index (χ3v) is 7.33. The van der Waals surface area contributed by atoms with Crippen molar-refractivity contribution in [2.45, 2.75) is 18.7 Å². The van der Waals surface area contributed by atoms with Crippen LogP contribution >= 0.6 is 23.4 Å². The smallest absolute Gasteiger partial charge is 0.342 e. The highest BCUT2D eigenvalue weighted by molar-refractivity contribution is 8.03. The maximum Gasteiger partial charge on any atom is 0.342 e. The second kappa shape index (κ2) is 11.3. The number of rotatable bonds is 9. The minimum Gasteiger partial charge on any atom is -0.497 e. The van der Waals surface area contributed by atoms with E-state index >= 15 is 0 Å². The summed E-state index contributed by atoms with van der Waals surface area (Å²) in [6.07, 6.45) is 1.65. The highest BCUT2D eigenvalue weighted by atomic mass is 35.5. The average Bonchev–Trinajstić information content (AvgIpc) is 3.52. The molecule has 5 aromatic rings. The van der Waals surface area contributed by atoms with Crippen molar-refractivity contribution in [3.8, 4) is 23.0 Å². The number of nitrogens with zero attached hydrogens (tertiary/aromatic N) is 3. The normalized spacial score (nSPS) is 11.6. The lowest BCUT2D eigenvalue weighted by Crippen LogP contribution is -2.02. The molecule has 0 saturated heterocycles. The molecule has 2 heterocycles. The number of benzene rings is 3. The molecule has 0 saturated carbocycles. The lowest BCUT2D eigenvalue weighted by atomic mass is 10.1. The molecule has 5 rings (SSSR count). The van der Waals surface area contributed by atoms with Crippen molar-refractivity contribution in [2.24, 2.45) is 0 Å². The SMILES string of the molecule is COc1cc(OC)cc(-c2nnc(S/C(=C\c3c(C)n(Cc4ccc(Cl)cc4)c4ccccc34)C(=O)O)o2)c1. The van der Waals surface area contributed by atoms with Crippen molar-refractivity contribution in [1.29, 1.82) is 0 Å². The number of ether oxygens (including phenoxy) is 2. The summed E-state index contributed by atoms with van der Waals surface area (Å²) in [6.45, 7) is 2.59. The Morgan fingerprint density at radius 1 is 1.05 bits per heavy atom. The number of aromatic nitrogens is 3.